The second kappa shape index (κ2) is 6.56. The van der Waals surface area contributed by atoms with Crippen LogP contribution in [0.1, 0.15) is 6.42 Å². The number of nitrogens with two attached hydrogens (primary N) is 1. The lowest BCUT2D eigenvalue weighted by atomic mass is 10.3. The van der Waals surface area contributed by atoms with Gasteiger partial charge in [0.25, 0.3) is 0 Å². The highest BCUT2D eigenvalue weighted by Gasteiger charge is 2.17. The molecule has 1 heterocycles. The van der Waals surface area contributed by atoms with Crippen molar-refractivity contribution in [1.82, 2.24) is 9.80 Å². The number of benzene rings is 1. The van der Waals surface area contributed by atoms with Gasteiger partial charge in [-0.3, -0.25) is 9.69 Å². The first-order valence-electron chi connectivity index (χ1n) is 6.70. The van der Waals surface area contributed by atoms with E-state index in [2.05, 4.69) is 4.90 Å². The van der Waals surface area contributed by atoms with Crippen LogP contribution >= 0.6 is 0 Å². The minimum absolute atomic E-state index is 0.165. The summed E-state index contributed by atoms with van der Waals surface area (Å²) in [5, 5.41) is 0. The van der Waals surface area contributed by atoms with Crippen LogP contribution in [-0.2, 0) is 4.79 Å². The lowest BCUT2D eigenvalue weighted by molar-refractivity contribution is -0.129. The molecule has 1 aromatic carbocycles. The van der Waals surface area contributed by atoms with Gasteiger partial charge >= 0.3 is 0 Å². The van der Waals surface area contributed by atoms with Gasteiger partial charge in [0, 0.05) is 51.4 Å². The lowest BCUT2D eigenvalue weighted by Gasteiger charge is -2.20. The molecule has 110 valence electrons. The summed E-state index contributed by atoms with van der Waals surface area (Å²) < 4.78 is 18.9. The molecule has 2 rings (SSSR count). The third-order valence-corrected chi connectivity index (χ3v) is 3.44. The van der Waals surface area contributed by atoms with Crippen LogP contribution in [-0.4, -0.2) is 55.5 Å². The summed E-state index contributed by atoms with van der Waals surface area (Å²) in [6.07, 6.45) is 0.521. The Kier molecular flexibility index (Phi) is 4.79. The number of carbonyl (C=O) groups is 1. The van der Waals surface area contributed by atoms with Crippen LogP contribution in [0.25, 0.3) is 0 Å². The Labute approximate surface area is 118 Å². The zero-order chi connectivity index (χ0) is 14.5. The Bertz CT molecular complexity index is 481. The van der Waals surface area contributed by atoms with Crippen molar-refractivity contribution in [2.45, 2.75) is 6.42 Å². The van der Waals surface area contributed by atoms with Gasteiger partial charge in [-0.25, -0.2) is 4.39 Å². The molecule has 0 radical (unpaired) electrons. The maximum atomic E-state index is 13.5. The molecule has 2 N–H and O–H groups in total. The maximum absolute atomic E-state index is 13.5. The number of halogens is 1. The largest absolute Gasteiger partial charge is 0.489 e. The number of hydrogen-bond donors (Lipinski definition) is 1. The molecule has 0 aromatic heterocycles. The van der Waals surface area contributed by atoms with Crippen molar-refractivity contribution in [1.29, 1.82) is 0 Å². The molecule has 0 saturated carbocycles. The van der Waals surface area contributed by atoms with E-state index < -0.39 is 5.82 Å². The predicted molar refractivity (Wildman–Crippen MR) is 75.0 cm³/mol. The van der Waals surface area contributed by atoms with Gasteiger partial charge in [-0.2, -0.15) is 0 Å². The number of nitrogens with zero attached hydrogens (tertiary/aromatic N) is 2. The first-order chi connectivity index (χ1) is 9.56. The summed E-state index contributed by atoms with van der Waals surface area (Å²) in [5.41, 5.74) is 5.85. The third-order valence-electron chi connectivity index (χ3n) is 3.44. The minimum atomic E-state index is -0.448. The molecule has 0 unspecified atom stereocenters. The van der Waals surface area contributed by atoms with Crippen molar-refractivity contribution in [3.8, 4) is 5.75 Å². The number of ether oxygens (including phenoxy) is 1. The number of anilines is 1. The molecular formula is C14H20FN3O2. The Morgan fingerprint density at radius 3 is 2.90 bits per heavy atom. The molecule has 1 saturated heterocycles. The summed E-state index contributed by atoms with van der Waals surface area (Å²) >= 11 is 0. The number of likely N-dealkylation sites (N-methyl/N-ethyl adjacent to an activating group) is 1. The normalized spacial score (nSPS) is 17.1. The SMILES string of the molecule is CN1CCN(CCOc2ccc(N)cc2F)CCC1=O. The standard InChI is InChI=1S/C14H20FN3O2/c1-17-6-7-18(5-4-14(17)19)8-9-20-13-3-2-11(16)10-12(13)15/h2-3,10H,4-9,16H2,1H3. The number of nitrogen functional groups attached to an aromatic ring is 1. The van der Waals surface area contributed by atoms with Crippen LogP contribution in [0.3, 0.4) is 0 Å². The van der Waals surface area contributed by atoms with Crippen LogP contribution in [0, 0.1) is 5.82 Å². The molecule has 1 aromatic rings. The fraction of sp³-hybridized carbons (Fsp3) is 0.500. The van der Waals surface area contributed by atoms with E-state index in [0.717, 1.165) is 19.6 Å². The summed E-state index contributed by atoms with van der Waals surface area (Å²) in [7, 11) is 1.81. The summed E-state index contributed by atoms with van der Waals surface area (Å²) in [4.78, 5) is 15.4. The first-order valence-corrected chi connectivity index (χ1v) is 6.70. The zero-order valence-electron chi connectivity index (χ0n) is 11.6. The van der Waals surface area contributed by atoms with E-state index in [1.807, 2.05) is 7.05 Å². The monoisotopic (exact) mass is 281 g/mol. The van der Waals surface area contributed by atoms with E-state index in [9.17, 15) is 9.18 Å². The zero-order valence-corrected chi connectivity index (χ0v) is 11.6. The lowest BCUT2D eigenvalue weighted by Crippen LogP contribution is -2.32. The van der Waals surface area contributed by atoms with Crippen LogP contribution < -0.4 is 10.5 Å². The van der Waals surface area contributed by atoms with Crippen LogP contribution in [0.2, 0.25) is 0 Å². The van der Waals surface area contributed by atoms with Crippen LogP contribution in [0.15, 0.2) is 18.2 Å². The van der Waals surface area contributed by atoms with Crippen molar-refractivity contribution in [3.05, 3.63) is 24.0 Å². The highest BCUT2D eigenvalue weighted by molar-refractivity contribution is 5.76. The van der Waals surface area contributed by atoms with Crippen molar-refractivity contribution in [2.75, 3.05) is 45.6 Å². The van der Waals surface area contributed by atoms with Crippen molar-refractivity contribution < 1.29 is 13.9 Å². The topological polar surface area (TPSA) is 58.8 Å². The fourth-order valence-corrected chi connectivity index (χ4v) is 2.11. The molecule has 0 spiro atoms. The molecular weight excluding hydrogens is 261 g/mol. The van der Waals surface area contributed by atoms with E-state index >= 15 is 0 Å². The average Bonchev–Trinajstić information content (AvgIpc) is 2.57. The van der Waals surface area contributed by atoms with Crippen molar-refractivity contribution in [3.63, 3.8) is 0 Å². The highest BCUT2D eigenvalue weighted by atomic mass is 19.1. The van der Waals surface area contributed by atoms with Crippen LogP contribution in [0.4, 0.5) is 10.1 Å². The number of rotatable bonds is 4. The predicted octanol–water partition coefficient (Wildman–Crippen LogP) is 0.951. The molecule has 6 heteroatoms. The molecule has 1 amide bonds. The number of carbonyl (C=O) groups excluding carboxylic acids is 1. The van der Waals surface area contributed by atoms with Gasteiger partial charge in [0.2, 0.25) is 5.91 Å². The summed E-state index contributed by atoms with van der Waals surface area (Å²) in [6.45, 7) is 3.31. The Morgan fingerprint density at radius 1 is 1.35 bits per heavy atom. The van der Waals surface area contributed by atoms with E-state index in [0.29, 0.717) is 25.3 Å². The molecule has 20 heavy (non-hydrogen) atoms. The van der Waals surface area contributed by atoms with E-state index in [4.69, 9.17) is 10.5 Å². The Morgan fingerprint density at radius 2 is 2.15 bits per heavy atom. The first kappa shape index (κ1) is 14.6. The van der Waals surface area contributed by atoms with Gasteiger partial charge in [-0.1, -0.05) is 0 Å². The molecule has 1 aliphatic heterocycles. The smallest absolute Gasteiger partial charge is 0.223 e. The molecule has 1 aliphatic rings. The summed E-state index contributed by atoms with van der Waals surface area (Å²) in [6, 6.07) is 4.39. The van der Waals surface area contributed by atoms with Gasteiger partial charge < -0.3 is 15.4 Å². The van der Waals surface area contributed by atoms with E-state index in [-0.39, 0.29) is 11.7 Å². The van der Waals surface area contributed by atoms with Gasteiger partial charge in [-0.15, -0.1) is 0 Å². The molecule has 0 bridgehead atoms. The Balaban J connectivity index is 1.79. The number of amides is 1. The van der Waals surface area contributed by atoms with Gasteiger partial charge in [-0.05, 0) is 12.1 Å². The average molecular weight is 281 g/mol. The summed E-state index contributed by atoms with van der Waals surface area (Å²) in [5.74, 6) is -0.0732. The Hall–Kier alpha value is -1.82. The van der Waals surface area contributed by atoms with Crippen LogP contribution in [0.5, 0.6) is 5.75 Å². The second-order valence-corrected chi connectivity index (χ2v) is 4.95. The van der Waals surface area contributed by atoms with Crippen molar-refractivity contribution in [2.24, 2.45) is 0 Å². The molecule has 1 fully saturated rings. The minimum Gasteiger partial charge on any atom is -0.489 e. The molecule has 0 aliphatic carbocycles. The highest BCUT2D eigenvalue weighted by Crippen LogP contribution is 2.19. The van der Waals surface area contributed by atoms with Gasteiger partial charge in [0.05, 0.1) is 0 Å². The van der Waals surface area contributed by atoms with Gasteiger partial charge in [0.1, 0.15) is 6.61 Å². The molecule has 5 nitrogen and oxygen atoms in total. The number of hydrogen-bond acceptors (Lipinski definition) is 4. The maximum Gasteiger partial charge on any atom is 0.223 e. The van der Waals surface area contributed by atoms with E-state index in [1.54, 1.807) is 11.0 Å². The molecule has 0 atom stereocenters. The third kappa shape index (κ3) is 3.84. The van der Waals surface area contributed by atoms with Crippen molar-refractivity contribution >= 4 is 11.6 Å². The second-order valence-electron chi connectivity index (χ2n) is 4.95. The van der Waals surface area contributed by atoms with E-state index in [1.165, 1.54) is 12.1 Å². The fourth-order valence-electron chi connectivity index (χ4n) is 2.11. The van der Waals surface area contributed by atoms with Gasteiger partial charge in [0.15, 0.2) is 11.6 Å². The quantitative estimate of drug-likeness (QED) is 0.835.